The van der Waals surface area contributed by atoms with Crippen LogP contribution in [0, 0.1) is 0 Å². The van der Waals surface area contributed by atoms with Gasteiger partial charge < -0.3 is 19.7 Å². The molecule has 8 heteroatoms. The van der Waals surface area contributed by atoms with Crippen LogP contribution >= 0.6 is 0 Å². The van der Waals surface area contributed by atoms with Gasteiger partial charge in [0, 0.05) is 26.0 Å². The Labute approximate surface area is 146 Å². The van der Waals surface area contributed by atoms with Gasteiger partial charge in [-0.3, -0.25) is 4.79 Å². The number of hydrogen-bond donors (Lipinski definition) is 1. The molecule has 25 heavy (non-hydrogen) atoms. The van der Waals surface area contributed by atoms with E-state index in [4.69, 9.17) is 9.47 Å². The Hall–Kier alpha value is -2.58. The van der Waals surface area contributed by atoms with Crippen molar-refractivity contribution in [2.45, 2.75) is 12.5 Å². The number of carbonyl (C=O) groups is 1. The van der Waals surface area contributed by atoms with Crippen molar-refractivity contribution < 1.29 is 14.3 Å². The summed E-state index contributed by atoms with van der Waals surface area (Å²) in [4.78, 5) is 26.8. The summed E-state index contributed by atoms with van der Waals surface area (Å²) in [6.07, 6.45) is 3.45. The molecule has 1 fully saturated rings. The van der Waals surface area contributed by atoms with Crippen LogP contribution in [0.5, 0.6) is 0 Å². The number of rotatable bonds is 6. The van der Waals surface area contributed by atoms with Gasteiger partial charge >= 0.3 is 0 Å². The summed E-state index contributed by atoms with van der Waals surface area (Å²) in [7, 11) is 1.59. The molecule has 132 valence electrons. The zero-order chi connectivity index (χ0) is 17.5. The molecule has 0 saturated carbocycles. The van der Waals surface area contributed by atoms with Gasteiger partial charge in [-0.1, -0.05) is 6.07 Å². The van der Waals surface area contributed by atoms with E-state index < -0.39 is 0 Å². The molecule has 1 saturated heterocycles. The number of amides is 1. The fourth-order valence-corrected chi connectivity index (χ4v) is 2.58. The summed E-state index contributed by atoms with van der Waals surface area (Å²) < 4.78 is 10.8. The van der Waals surface area contributed by atoms with Gasteiger partial charge in [-0.25, -0.2) is 15.0 Å². The Morgan fingerprint density at radius 3 is 3.00 bits per heavy atom. The smallest absolute Gasteiger partial charge is 0.228 e. The van der Waals surface area contributed by atoms with Gasteiger partial charge in [-0.2, -0.15) is 0 Å². The van der Waals surface area contributed by atoms with Gasteiger partial charge in [0.2, 0.25) is 11.9 Å². The molecule has 0 radical (unpaired) electrons. The molecule has 2 aromatic heterocycles. The third kappa shape index (κ3) is 4.71. The number of methoxy groups -OCH3 is 1. The molecule has 1 unspecified atom stereocenters. The minimum Gasteiger partial charge on any atom is -0.384 e. The number of morpholine rings is 1. The summed E-state index contributed by atoms with van der Waals surface area (Å²) in [5.41, 5.74) is 0.769. The van der Waals surface area contributed by atoms with Crippen LogP contribution in [0.4, 0.5) is 11.8 Å². The van der Waals surface area contributed by atoms with Crippen molar-refractivity contribution in [1.82, 2.24) is 19.9 Å². The SMILES string of the molecule is COCCC(=O)N1CCOC(c2cccc(Nc3ncccn3)n2)C1. The van der Waals surface area contributed by atoms with E-state index in [1.165, 1.54) is 0 Å². The van der Waals surface area contributed by atoms with E-state index >= 15 is 0 Å². The van der Waals surface area contributed by atoms with Crippen LogP contribution in [0.25, 0.3) is 0 Å². The molecular weight excluding hydrogens is 322 g/mol. The fraction of sp³-hybridized carbons (Fsp3) is 0.412. The van der Waals surface area contributed by atoms with Crippen molar-refractivity contribution in [2.75, 3.05) is 38.7 Å². The Kier molecular flexibility index (Phi) is 5.86. The molecule has 0 bridgehead atoms. The van der Waals surface area contributed by atoms with Crippen LogP contribution in [0.3, 0.4) is 0 Å². The highest BCUT2D eigenvalue weighted by Gasteiger charge is 2.26. The lowest BCUT2D eigenvalue weighted by Gasteiger charge is -2.32. The lowest BCUT2D eigenvalue weighted by Crippen LogP contribution is -2.42. The quantitative estimate of drug-likeness (QED) is 0.851. The number of pyridine rings is 1. The molecule has 1 N–H and O–H groups in total. The number of ether oxygens (including phenoxy) is 2. The first-order valence-electron chi connectivity index (χ1n) is 8.15. The molecule has 8 nitrogen and oxygen atoms in total. The Bertz CT molecular complexity index is 698. The van der Waals surface area contributed by atoms with Crippen molar-refractivity contribution in [3.05, 3.63) is 42.4 Å². The van der Waals surface area contributed by atoms with Gasteiger partial charge in [0.1, 0.15) is 11.9 Å². The minimum atomic E-state index is -0.251. The van der Waals surface area contributed by atoms with E-state index in [9.17, 15) is 4.79 Å². The summed E-state index contributed by atoms with van der Waals surface area (Å²) in [5, 5.41) is 3.06. The highest BCUT2D eigenvalue weighted by atomic mass is 16.5. The van der Waals surface area contributed by atoms with Crippen LogP contribution in [-0.2, 0) is 14.3 Å². The summed E-state index contributed by atoms with van der Waals surface area (Å²) >= 11 is 0. The lowest BCUT2D eigenvalue weighted by molar-refractivity contribution is -0.140. The number of aromatic nitrogens is 3. The van der Waals surface area contributed by atoms with Crippen LogP contribution in [0.1, 0.15) is 18.2 Å². The number of hydrogen-bond acceptors (Lipinski definition) is 7. The standard InChI is InChI=1S/C17H21N5O3/c1-24-10-6-16(23)22-9-11-25-14(12-22)13-4-2-5-15(20-13)21-17-18-7-3-8-19-17/h2-5,7-8,14H,6,9-12H2,1H3,(H,18,19,20,21). The van der Waals surface area contributed by atoms with E-state index in [1.54, 1.807) is 30.5 Å². The average Bonchev–Trinajstić information content (AvgIpc) is 2.67. The molecule has 3 rings (SSSR count). The maximum Gasteiger partial charge on any atom is 0.228 e. The zero-order valence-electron chi connectivity index (χ0n) is 14.1. The van der Waals surface area contributed by atoms with Crippen LogP contribution in [-0.4, -0.2) is 59.2 Å². The van der Waals surface area contributed by atoms with Crippen molar-refractivity contribution in [1.29, 1.82) is 0 Å². The second-order valence-corrected chi connectivity index (χ2v) is 5.59. The Balaban J connectivity index is 1.66. The van der Waals surface area contributed by atoms with Crippen molar-refractivity contribution >= 4 is 17.7 Å². The van der Waals surface area contributed by atoms with E-state index in [-0.39, 0.29) is 12.0 Å². The van der Waals surface area contributed by atoms with E-state index in [0.717, 1.165) is 5.69 Å². The highest BCUT2D eigenvalue weighted by Crippen LogP contribution is 2.23. The molecule has 2 aromatic rings. The highest BCUT2D eigenvalue weighted by molar-refractivity contribution is 5.76. The molecule has 0 spiro atoms. The molecule has 0 aliphatic carbocycles. The molecule has 1 aliphatic heterocycles. The Morgan fingerprint density at radius 2 is 2.20 bits per heavy atom. The van der Waals surface area contributed by atoms with Gasteiger partial charge in [-0.05, 0) is 18.2 Å². The average molecular weight is 343 g/mol. The molecule has 3 heterocycles. The molecule has 0 aromatic carbocycles. The largest absolute Gasteiger partial charge is 0.384 e. The van der Waals surface area contributed by atoms with Gasteiger partial charge in [0.05, 0.1) is 31.9 Å². The monoisotopic (exact) mass is 343 g/mol. The van der Waals surface area contributed by atoms with Gasteiger partial charge in [0.25, 0.3) is 0 Å². The molecule has 1 amide bonds. The number of nitrogens with zero attached hydrogens (tertiary/aromatic N) is 4. The van der Waals surface area contributed by atoms with Crippen molar-refractivity contribution in [3.8, 4) is 0 Å². The van der Waals surface area contributed by atoms with Gasteiger partial charge in [0.15, 0.2) is 0 Å². The Morgan fingerprint density at radius 1 is 1.36 bits per heavy atom. The maximum absolute atomic E-state index is 12.2. The topological polar surface area (TPSA) is 89.5 Å². The van der Waals surface area contributed by atoms with Gasteiger partial charge in [-0.15, -0.1) is 0 Å². The lowest BCUT2D eigenvalue weighted by atomic mass is 10.1. The van der Waals surface area contributed by atoms with Crippen LogP contribution in [0.15, 0.2) is 36.7 Å². The molecule has 1 aliphatic rings. The third-order valence-electron chi connectivity index (χ3n) is 3.85. The first-order chi connectivity index (χ1) is 12.3. The number of anilines is 2. The first kappa shape index (κ1) is 17.2. The second kappa shape index (κ2) is 8.50. The maximum atomic E-state index is 12.2. The zero-order valence-corrected chi connectivity index (χ0v) is 14.1. The summed E-state index contributed by atoms with van der Waals surface area (Å²) in [6, 6.07) is 7.37. The fourth-order valence-electron chi connectivity index (χ4n) is 2.58. The predicted molar refractivity (Wildman–Crippen MR) is 91.3 cm³/mol. The van der Waals surface area contributed by atoms with E-state index in [1.807, 2.05) is 18.2 Å². The minimum absolute atomic E-state index is 0.0714. The van der Waals surface area contributed by atoms with Crippen LogP contribution < -0.4 is 5.32 Å². The summed E-state index contributed by atoms with van der Waals surface area (Å²) in [6.45, 7) is 2.00. The molecular formula is C17H21N5O3. The van der Waals surface area contributed by atoms with E-state index in [0.29, 0.717) is 44.5 Å². The summed E-state index contributed by atoms with van der Waals surface area (Å²) in [5.74, 6) is 1.19. The second-order valence-electron chi connectivity index (χ2n) is 5.59. The van der Waals surface area contributed by atoms with Crippen molar-refractivity contribution in [2.24, 2.45) is 0 Å². The number of nitrogens with one attached hydrogen (secondary N) is 1. The molecule has 1 atom stereocenters. The predicted octanol–water partition coefficient (Wildman–Crippen LogP) is 1.55. The normalized spacial score (nSPS) is 17.3. The van der Waals surface area contributed by atoms with E-state index in [2.05, 4.69) is 20.3 Å². The number of carbonyl (C=O) groups excluding carboxylic acids is 1. The first-order valence-corrected chi connectivity index (χ1v) is 8.15. The van der Waals surface area contributed by atoms with Crippen molar-refractivity contribution in [3.63, 3.8) is 0 Å². The third-order valence-corrected chi connectivity index (χ3v) is 3.85. The van der Waals surface area contributed by atoms with Crippen LogP contribution in [0.2, 0.25) is 0 Å².